The Kier molecular flexibility index (Phi) is 61.4. The molecule has 0 radical (unpaired) electrons. The highest BCUT2D eigenvalue weighted by Crippen LogP contribution is 2.26. The Hall–Kier alpha value is -3.18. The van der Waals surface area contributed by atoms with Gasteiger partial charge in [-0.2, -0.15) is 0 Å². The van der Waals surface area contributed by atoms with E-state index in [0.29, 0.717) is 0 Å². The van der Waals surface area contributed by atoms with Gasteiger partial charge in [0.25, 0.3) is 0 Å². The van der Waals surface area contributed by atoms with Crippen LogP contribution in [0.25, 0.3) is 0 Å². The van der Waals surface area contributed by atoms with E-state index in [4.69, 9.17) is 9.98 Å². The molecule has 0 N–H and O–H groups in total. The van der Waals surface area contributed by atoms with E-state index >= 15 is 0 Å². The van der Waals surface area contributed by atoms with Crippen molar-refractivity contribution in [1.82, 2.24) is 0 Å². The third-order valence-electron chi connectivity index (χ3n) is 18.8. The molecule has 0 atom stereocenters. The first kappa shape index (κ1) is 80.9. The number of nitrogens with zero attached hydrogens (tertiary/aromatic N) is 2. The summed E-state index contributed by atoms with van der Waals surface area (Å²) in [4.78, 5) is 11.0. The van der Waals surface area contributed by atoms with E-state index in [1.54, 1.807) is 0 Å². The molecular weight excluding hydrogens is 1060 g/mol. The summed E-state index contributed by atoms with van der Waals surface area (Å²) in [7, 11) is 0. The van der Waals surface area contributed by atoms with E-state index in [1.165, 1.54) is 339 Å². The highest BCUT2D eigenvalue weighted by atomic mass is 14.8. The van der Waals surface area contributed by atoms with Gasteiger partial charge >= 0.3 is 0 Å². The minimum absolute atomic E-state index is 0.875. The zero-order chi connectivity index (χ0) is 62.6. The summed E-state index contributed by atoms with van der Waals surface area (Å²) >= 11 is 0. The van der Waals surface area contributed by atoms with Gasteiger partial charge in [-0.3, -0.25) is 4.99 Å². The lowest BCUT2D eigenvalue weighted by molar-refractivity contribution is 0.519. The maximum atomic E-state index is 5.51. The van der Waals surface area contributed by atoms with Crippen molar-refractivity contribution in [1.29, 1.82) is 0 Å². The third-order valence-corrected chi connectivity index (χ3v) is 18.8. The average molecular weight is 1210 g/mol. The molecule has 0 aliphatic heterocycles. The topological polar surface area (TPSA) is 24.7 Å². The van der Waals surface area contributed by atoms with Crippen LogP contribution in [0.3, 0.4) is 0 Å². The summed E-state index contributed by atoms with van der Waals surface area (Å²) in [5, 5.41) is 0. The molecule has 2 aromatic rings. The number of hydrogen-bond donors (Lipinski definition) is 0. The van der Waals surface area contributed by atoms with E-state index in [0.717, 1.165) is 93.4 Å². The van der Waals surface area contributed by atoms with Crippen LogP contribution in [0.1, 0.15) is 424 Å². The molecule has 0 amide bonds. The molecule has 0 aliphatic carbocycles. The van der Waals surface area contributed by atoms with Gasteiger partial charge < -0.3 is 0 Å². The van der Waals surface area contributed by atoms with Crippen LogP contribution in [0.5, 0.6) is 0 Å². The van der Waals surface area contributed by atoms with E-state index < -0.39 is 0 Å². The lowest BCUT2D eigenvalue weighted by Gasteiger charge is -2.11. The molecule has 0 fully saturated rings. The normalized spacial score (nSPS) is 12.1. The molecule has 0 heterocycles. The molecule has 0 saturated carbocycles. The number of allylic oxidation sites excluding steroid dienone is 4. The van der Waals surface area contributed by atoms with Gasteiger partial charge in [-0.1, -0.05) is 403 Å². The van der Waals surface area contributed by atoms with Crippen LogP contribution in [-0.4, -0.2) is 11.4 Å². The number of unbranched alkanes of at least 4 members (excludes halogenated alkanes) is 53. The summed E-state index contributed by atoms with van der Waals surface area (Å²) < 4.78 is 0. The van der Waals surface area contributed by atoms with Crippen LogP contribution in [0.2, 0.25) is 0 Å². The maximum Gasteiger partial charge on any atom is 0.135 e. The number of hydrogen-bond acceptors (Lipinski definition) is 2. The molecular formula is C86H148N2. The fraction of sp³-hybridized carbons (Fsp3) is 0.767. The molecule has 2 rings (SSSR count). The standard InChI is InChI=1S/C86H148N2/c1-5-9-13-16-19-22-24-26-28-30-32-34-36-38-40-42-44-46-48-50-52-54-56-58-60-63-66-73-81-75-69-71-78-83(81)87-85(77-12-8-4)86(80-68-65-62-21-18-15-11-7-3)88-84-79-72-70-76-82(84)74-67-64-61-59-57-55-53-51-49-47-45-43-41-39-37-35-33-31-29-27-25-23-20-17-14-10-6-2/h58-61,69-72,75-76,78-79H,5-57,62-67,73-74,77H2,1-4H3/b60-58+,61-59+,87-85?,88-86?. The molecule has 0 aliphatic rings. The van der Waals surface area contributed by atoms with Crippen LogP contribution >= 0.6 is 0 Å². The minimum Gasteiger partial charge on any atom is -0.250 e. The summed E-state index contributed by atoms with van der Waals surface area (Å²) in [6, 6.07) is 17.7. The lowest BCUT2D eigenvalue weighted by Crippen LogP contribution is -2.13. The molecule has 2 aromatic carbocycles. The molecule has 0 aromatic heterocycles. The van der Waals surface area contributed by atoms with Crippen LogP contribution in [0.15, 0.2) is 82.8 Å². The first-order chi connectivity index (χ1) is 43.7. The monoisotopic (exact) mass is 1210 g/mol. The molecule has 2 heteroatoms. The van der Waals surface area contributed by atoms with Crippen LogP contribution in [0.4, 0.5) is 11.4 Å². The van der Waals surface area contributed by atoms with Gasteiger partial charge in [0.15, 0.2) is 0 Å². The Morgan fingerprint density at radius 3 is 0.864 bits per heavy atom. The second-order valence-corrected chi connectivity index (χ2v) is 27.4. The first-order valence-electron chi connectivity index (χ1n) is 39.8. The quantitative estimate of drug-likeness (QED) is 0.0273. The Morgan fingerprint density at radius 1 is 0.284 bits per heavy atom. The number of aliphatic imine (C=N–C) groups is 2. The molecule has 88 heavy (non-hydrogen) atoms. The van der Waals surface area contributed by atoms with Crippen molar-refractivity contribution in [2.45, 2.75) is 426 Å². The second-order valence-electron chi connectivity index (χ2n) is 27.4. The van der Waals surface area contributed by atoms with Gasteiger partial charge in [-0.05, 0) is 113 Å². The molecule has 0 bridgehead atoms. The predicted molar refractivity (Wildman–Crippen MR) is 400 cm³/mol. The van der Waals surface area contributed by atoms with E-state index in [2.05, 4.69) is 112 Å². The van der Waals surface area contributed by atoms with Gasteiger partial charge in [0, 0.05) is 6.42 Å². The number of aryl methyl sites for hydroxylation is 2. The van der Waals surface area contributed by atoms with Gasteiger partial charge in [0.2, 0.25) is 0 Å². The van der Waals surface area contributed by atoms with E-state index in [9.17, 15) is 0 Å². The fourth-order valence-electron chi connectivity index (χ4n) is 12.8. The molecule has 0 unspecified atom stereocenters. The zero-order valence-corrected chi connectivity index (χ0v) is 59.7. The summed E-state index contributed by atoms with van der Waals surface area (Å²) in [6.45, 7) is 9.21. The minimum atomic E-state index is 0.875. The van der Waals surface area contributed by atoms with Crippen molar-refractivity contribution in [3.8, 4) is 11.8 Å². The third kappa shape index (κ3) is 52.4. The van der Waals surface area contributed by atoms with Gasteiger partial charge in [-0.25, -0.2) is 4.99 Å². The lowest BCUT2D eigenvalue weighted by atomic mass is 10.0. The SMILES string of the molecule is CCCCCCCCC#CC(=Nc1ccccc1CCC/C=C/CCCCCCCCCCCCCCCCCCCCCCCC)C(CCCC)=Nc1ccccc1CCC/C=C/CCCCCCCCCCCCCCCCCCCCCCCC. The highest BCUT2D eigenvalue weighted by molar-refractivity contribution is 6.49. The summed E-state index contributed by atoms with van der Waals surface area (Å²) in [5.41, 5.74) is 6.75. The van der Waals surface area contributed by atoms with Crippen LogP contribution in [-0.2, 0) is 12.8 Å². The number of benzene rings is 2. The smallest absolute Gasteiger partial charge is 0.135 e. The van der Waals surface area contributed by atoms with E-state index in [-0.39, 0.29) is 0 Å². The van der Waals surface area contributed by atoms with Crippen molar-refractivity contribution in [2.24, 2.45) is 9.98 Å². The Bertz CT molecular complexity index is 1950. The molecule has 502 valence electrons. The van der Waals surface area contributed by atoms with Crippen LogP contribution in [0, 0.1) is 11.8 Å². The van der Waals surface area contributed by atoms with Crippen molar-refractivity contribution >= 4 is 22.8 Å². The Labute approximate surface area is 551 Å². The average Bonchev–Trinajstić information content (AvgIpc) is 3.06. The number of rotatable bonds is 66. The predicted octanol–water partition coefficient (Wildman–Crippen LogP) is 30.2. The second kappa shape index (κ2) is 66.7. The summed E-state index contributed by atoms with van der Waals surface area (Å²) in [5.74, 6) is 7.26. The maximum absolute atomic E-state index is 5.51. The van der Waals surface area contributed by atoms with Gasteiger partial charge in [-0.15, -0.1) is 0 Å². The van der Waals surface area contributed by atoms with Crippen molar-refractivity contribution in [2.75, 3.05) is 0 Å². The summed E-state index contributed by atoms with van der Waals surface area (Å²) in [6.07, 6.45) is 94.1. The van der Waals surface area contributed by atoms with Crippen LogP contribution < -0.4 is 0 Å². The first-order valence-corrected chi connectivity index (χ1v) is 39.8. The largest absolute Gasteiger partial charge is 0.250 e. The Balaban J connectivity index is 1.75. The highest BCUT2D eigenvalue weighted by Gasteiger charge is 2.12. The van der Waals surface area contributed by atoms with E-state index in [1.807, 2.05) is 0 Å². The zero-order valence-electron chi connectivity index (χ0n) is 59.7. The fourth-order valence-corrected chi connectivity index (χ4v) is 12.8. The molecule has 0 saturated heterocycles. The molecule has 2 nitrogen and oxygen atoms in total. The van der Waals surface area contributed by atoms with Crippen molar-refractivity contribution in [3.63, 3.8) is 0 Å². The van der Waals surface area contributed by atoms with Crippen molar-refractivity contribution in [3.05, 3.63) is 84.0 Å². The molecule has 0 spiro atoms. The van der Waals surface area contributed by atoms with Gasteiger partial charge in [0.1, 0.15) is 5.71 Å². The van der Waals surface area contributed by atoms with Gasteiger partial charge in [0.05, 0.1) is 17.1 Å². The Morgan fingerprint density at radius 2 is 0.545 bits per heavy atom. The van der Waals surface area contributed by atoms with Crippen molar-refractivity contribution < 1.29 is 0 Å². The number of para-hydroxylation sites is 2.